The van der Waals surface area contributed by atoms with Crippen LogP contribution in [0.1, 0.15) is 37.9 Å². The number of esters is 1. The zero-order valence-corrected chi connectivity index (χ0v) is 15.1. The molecule has 0 fully saturated rings. The van der Waals surface area contributed by atoms with E-state index in [1.54, 1.807) is 60.7 Å². The lowest BCUT2D eigenvalue weighted by atomic mass is 9.99. The number of carbonyl (C=O) groups excluding carboxylic acids is 2. The van der Waals surface area contributed by atoms with Gasteiger partial charge in [0, 0.05) is 22.8 Å². The van der Waals surface area contributed by atoms with Crippen LogP contribution in [0.3, 0.4) is 0 Å². The summed E-state index contributed by atoms with van der Waals surface area (Å²) >= 11 is 0. The molecule has 0 aliphatic heterocycles. The van der Waals surface area contributed by atoms with Gasteiger partial charge in [-0.15, -0.1) is 0 Å². The number of hydrogen-bond acceptors (Lipinski definition) is 5. The normalized spacial score (nSPS) is 11.5. The van der Waals surface area contributed by atoms with E-state index in [4.69, 9.17) is 4.74 Å². The maximum Gasteiger partial charge on any atom is 0.339 e. The molecule has 0 unspecified atom stereocenters. The third-order valence-corrected chi connectivity index (χ3v) is 4.35. The Morgan fingerprint density at radius 2 is 1.50 bits per heavy atom. The Hall–Kier alpha value is -3.80. The van der Waals surface area contributed by atoms with Gasteiger partial charge in [-0.05, 0) is 13.0 Å². The zero-order valence-electron chi connectivity index (χ0n) is 15.1. The molecule has 6 nitrogen and oxygen atoms in total. The van der Waals surface area contributed by atoms with Gasteiger partial charge in [0.1, 0.15) is 0 Å². The number of rotatable bonds is 6. The third-order valence-electron chi connectivity index (χ3n) is 4.35. The van der Waals surface area contributed by atoms with Gasteiger partial charge in [-0.1, -0.05) is 66.7 Å². The monoisotopic (exact) mass is 375 g/mol. The number of hydrogen-bond donors (Lipinski definition) is 0. The van der Waals surface area contributed by atoms with Crippen molar-refractivity contribution in [3.8, 4) is 0 Å². The molecule has 6 heteroatoms. The molecule has 1 atom stereocenters. The van der Waals surface area contributed by atoms with Crippen LogP contribution in [0.15, 0.2) is 78.9 Å². The first kappa shape index (κ1) is 19.0. The number of nitro benzene ring substituents is 1. The number of nitro groups is 1. The minimum atomic E-state index is -1.16. The standard InChI is InChI=1S/C22H17NO5/c1-15-18(13-8-14-19(15)23(26)27)22(25)28-21(17-11-6-3-7-12-17)20(24)16-9-4-2-5-10-16/h2-14,21H,1H3/t21-/m0/s1. The molecule has 0 saturated carbocycles. The molecule has 0 aliphatic rings. The summed E-state index contributed by atoms with van der Waals surface area (Å²) in [5.74, 6) is -1.16. The average Bonchev–Trinajstić information content (AvgIpc) is 2.72. The van der Waals surface area contributed by atoms with Crippen LogP contribution in [0.4, 0.5) is 5.69 Å². The van der Waals surface area contributed by atoms with E-state index in [0.29, 0.717) is 11.1 Å². The van der Waals surface area contributed by atoms with Crippen LogP contribution < -0.4 is 0 Å². The van der Waals surface area contributed by atoms with E-state index in [1.165, 1.54) is 25.1 Å². The number of Topliss-reactive ketones (excluding diaryl/α,β-unsaturated/α-hetero) is 1. The summed E-state index contributed by atoms with van der Waals surface area (Å²) in [5.41, 5.74) is 0.986. The van der Waals surface area contributed by atoms with Crippen LogP contribution in [0.25, 0.3) is 0 Å². The molecule has 0 radical (unpaired) electrons. The third kappa shape index (κ3) is 3.96. The van der Waals surface area contributed by atoms with Crippen molar-refractivity contribution in [2.45, 2.75) is 13.0 Å². The maximum absolute atomic E-state index is 13.0. The first-order valence-corrected chi connectivity index (χ1v) is 8.58. The van der Waals surface area contributed by atoms with Gasteiger partial charge in [-0.3, -0.25) is 14.9 Å². The molecule has 3 aromatic carbocycles. The second-order valence-electron chi connectivity index (χ2n) is 6.13. The van der Waals surface area contributed by atoms with Crippen LogP contribution in [-0.4, -0.2) is 16.7 Å². The summed E-state index contributed by atoms with van der Waals surface area (Å²) in [6.07, 6.45) is -1.16. The zero-order chi connectivity index (χ0) is 20.1. The Morgan fingerprint density at radius 1 is 0.893 bits per heavy atom. The largest absolute Gasteiger partial charge is 0.445 e. The van der Waals surface area contributed by atoms with Crippen LogP contribution in [0.2, 0.25) is 0 Å². The van der Waals surface area contributed by atoms with Gasteiger partial charge in [0.25, 0.3) is 5.69 Å². The van der Waals surface area contributed by atoms with Gasteiger partial charge in [0.2, 0.25) is 5.78 Å². The highest BCUT2D eigenvalue weighted by Gasteiger charge is 2.28. The lowest BCUT2D eigenvalue weighted by molar-refractivity contribution is -0.385. The van der Waals surface area contributed by atoms with E-state index in [9.17, 15) is 19.7 Å². The molecular weight excluding hydrogens is 358 g/mol. The van der Waals surface area contributed by atoms with Crippen molar-refractivity contribution in [2.75, 3.05) is 0 Å². The van der Waals surface area contributed by atoms with Gasteiger partial charge in [0.15, 0.2) is 6.10 Å². The Labute approximate surface area is 161 Å². The highest BCUT2D eigenvalue weighted by atomic mass is 16.6. The van der Waals surface area contributed by atoms with Crippen LogP contribution in [-0.2, 0) is 4.74 Å². The smallest absolute Gasteiger partial charge is 0.339 e. The second kappa shape index (κ2) is 8.26. The van der Waals surface area contributed by atoms with Gasteiger partial charge in [-0.25, -0.2) is 4.79 Å². The molecule has 3 aromatic rings. The summed E-state index contributed by atoms with van der Waals surface area (Å²) in [6, 6.07) is 21.4. The van der Waals surface area contributed by atoms with Crippen molar-refractivity contribution in [1.29, 1.82) is 0 Å². The molecule has 0 N–H and O–H groups in total. The summed E-state index contributed by atoms with van der Waals surface area (Å²) < 4.78 is 5.54. The molecule has 0 bridgehead atoms. The van der Waals surface area contributed by atoms with Crippen molar-refractivity contribution in [2.24, 2.45) is 0 Å². The summed E-state index contributed by atoms with van der Waals surface area (Å²) in [6.45, 7) is 1.48. The quantitative estimate of drug-likeness (QED) is 0.270. The van der Waals surface area contributed by atoms with Gasteiger partial charge in [0.05, 0.1) is 10.5 Å². The molecule has 3 rings (SSSR count). The summed E-state index contributed by atoms with van der Waals surface area (Å²) in [4.78, 5) is 36.3. The first-order chi connectivity index (χ1) is 13.5. The SMILES string of the molecule is Cc1c(C(=O)O[C@H](C(=O)c2ccccc2)c2ccccc2)cccc1[N+](=O)[O-]. The van der Waals surface area contributed by atoms with Crippen molar-refractivity contribution < 1.29 is 19.2 Å². The molecule has 28 heavy (non-hydrogen) atoms. The van der Waals surface area contributed by atoms with E-state index >= 15 is 0 Å². The van der Waals surface area contributed by atoms with E-state index in [2.05, 4.69) is 0 Å². The van der Waals surface area contributed by atoms with Crippen molar-refractivity contribution in [3.05, 3.63) is 111 Å². The predicted molar refractivity (Wildman–Crippen MR) is 103 cm³/mol. The van der Waals surface area contributed by atoms with Crippen LogP contribution in [0.5, 0.6) is 0 Å². The van der Waals surface area contributed by atoms with Crippen molar-refractivity contribution >= 4 is 17.4 Å². The number of ether oxygens (including phenoxy) is 1. The number of ketones is 1. The van der Waals surface area contributed by atoms with Crippen LogP contribution in [0, 0.1) is 17.0 Å². The molecule has 0 spiro atoms. The fourth-order valence-corrected chi connectivity index (χ4v) is 2.87. The topological polar surface area (TPSA) is 86.5 Å². The molecule has 0 aliphatic carbocycles. The van der Waals surface area contributed by atoms with Crippen molar-refractivity contribution in [3.63, 3.8) is 0 Å². The lowest BCUT2D eigenvalue weighted by Gasteiger charge is -2.18. The van der Waals surface area contributed by atoms with Gasteiger partial charge in [-0.2, -0.15) is 0 Å². The number of carbonyl (C=O) groups is 2. The fraction of sp³-hybridized carbons (Fsp3) is 0.0909. The highest BCUT2D eigenvalue weighted by molar-refractivity contribution is 6.02. The summed E-state index contributed by atoms with van der Waals surface area (Å²) in [7, 11) is 0. The minimum Gasteiger partial charge on any atom is -0.445 e. The molecular formula is C22H17NO5. The highest BCUT2D eigenvalue weighted by Crippen LogP contribution is 2.27. The van der Waals surface area contributed by atoms with E-state index in [-0.39, 0.29) is 22.6 Å². The second-order valence-corrected chi connectivity index (χ2v) is 6.13. The van der Waals surface area contributed by atoms with E-state index in [1.807, 2.05) is 0 Å². The Kier molecular flexibility index (Phi) is 5.60. The molecule has 0 saturated heterocycles. The maximum atomic E-state index is 13.0. The average molecular weight is 375 g/mol. The number of nitrogens with zero attached hydrogens (tertiary/aromatic N) is 1. The van der Waals surface area contributed by atoms with E-state index in [0.717, 1.165) is 0 Å². The molecule has 0 aromatic heterocycles. The fourth-order valence-electron chi connectivity index (χ4n) is 2.87. The Bertz CT molecular complexity index is 1020. The number of benzene rings is 3. The van der Waals surface area contributed by atoms with Gasteiger partial charge < -0.3 is 4.74 Å². The molecule has 140 valence electrons. The van der Waals surface area contributed by atoms with Crippen LogP contribution >= 0.6 is 0 Å². The lowest BCUT2D eigenvalue weighted by Crippen LogP contribution is -2.21. The Morgan fingerprint density at radius 3 is 2.11 bits per heavy atom. The predicted octanol–water partition coefficient (Wildman–Crippen LogP) is 4.68. The van der Waals surface area contributed by atoms with E-state index < -0.39 is 17.0 Å². The molecule has 0 amide bonds. The summed E-state index contributed by atoms with van der Waals surface area (Å²) in [5, 5.41) is 11.1. The minimum absolute atomic E-state index is 0.0518. The first-order valence-electron chi connectivity index (χ1n) is 8.58. The van der Waals surface area contributed by atoms with Crippen molar-refractivity contribution in [1.82, 2.24) is 0 Å². The van der Waals surface area contributed by atoms with Gasteiger partial charge >= 0.3 is 5.97 Å². The Balaban J connectivity index is 1.97. The molecule has 0 heterocycles.